The predicted octanol–water partition coefficient (Wildman–Crippen LogP) is 1.37. The molecule has 0 amide bonds. The Hall–Kier alpha value is -1.69. The molecule has 0 aliphatic rings. The second-order valence-corrected chi connectivity index (χ2v) is 3.12. The first-order valence-electron chi connectivity index (χ1n) is 4.01. The smallest absolute Gasteiger partial charge is 0.361 e. The van der Waals surface area contributed by atoms with Crippen molar-refractivity contribution in [3.63, 3.8) is 0 Å². The number of carbonyl (C=O) groups is 1. The van der Waals surface area contributed by atoms with Gasteiger partial charge in [0.1, 0.15) is 16.4 Å². The van der Waals surface area contributed by atoms with Gasteiger partial charge in [-0.3, -0.25) is 0 Å². The molecule has 78 valence electrons. The molecule has 0 unspecified atom stereocenters. The molecule has 0 radical (unpaired) electrons. The van der Waals surface area contributed by atoms with E-state index in [0.29, 0.717) is 5.82 Å². The molecule has 0 aliphatic heterocycles. The summed E-state index contributed by atoms with van der Waals surface area (Å²) in [5.74, 6) is -0.192. The third-order valence-corrected chi connectivity index (χ3v) is 2.06. The summed E-state index contributed by atoms with van der Waals surface area (Å²) in [7, 11) is 1.24. The molecule has 6 nitrogen and oxygen atoms in total. The number of fused-ring (bicyclic) bond motifs is 1. The number of hydrogen-bond donors (Lipinski definition) is 0. The molecule has 0 saturated carbocycles. The number of ether oxygens (including phenoxy) is 1. The highest BCUT2D eigenvalue weighted by Gasteiger charge is 2.21. The number of methoxy groups -OCH3 is 1. The Morgan fingerprint density at radius 2 is 2.20 bits per heavy atom. The summed E-state index contributed by atoms with van der Waals surface area (Å²) < 4.78 is 9.36. The van der Waals surface area contributed by atoms with Crippen LogP contribution in [-0.2, 0) is 4.74 Å². The molecular formula is C8H6ClN3O3. The lowest BCUT2D eigenvalue weighted by atomic mass is 10.3. The summed E-state index contributed by atoms with van der Waals surface area (Å²) in [6, 6.07) is 0. The van der Waals surface area contributed by atoms with Crippen molar-refractivity contribution in [1.82, 2.24) is 15.1 Å². The van der Waals surface area contributed by atoms with Crippen LogP contribution in [0.5, 0.6) is 0 Å². The lowest BCUT2D eigenvalue weighted by molar-refractivity contribution is 0.0591. The molecule has 0 bridgehead atoms. The van der Waals surface area contributed by atoms with Gasteiger partial charge in [0.05, 0.1) is 7.11 Å². The van der Waals surface area contributed by atoms with Crippen LogP contribution in [0.15, 0.2) is 4.52 Å². The normalized spacial score (nSPS) is 10.6. The Morgan fingerprint density at radius 1 is 1.47 bits per heavy atom. The van der Waals surface area contributed by atoms with Crippen molar-refractivity contribution in [3.05, 3.63) is 16.7 Å². The SMILES string of the molecule is COC(=O)c1noc2nc(C)nc(Cl)c12. The minimum absolute atomic E-state index is 0.0162. The second-order valence-electron chi connectivity index (χ2n) is 2.76. The van der Waals surface area contributed by atoms with Crippen molar-refractivity contribution in [2.24, 2.45) is 0 Å². The van der Waals surface area contributed by atoms with Crippen LogP contribution in [-0.4, -0.2) is 28.2 Å². The topological polar surface area (TPSA) is 78.1 Å². The van der Waals surface area contributed by atoms with Crippen molar-refractivity contribution < 1.29 is 14.1 Å². The maximum Gasteiger partial charge on any atom is 0.361 e. The number of hydrogen-bond acceptors (Lipinski definition) is 6. The summed E-state index contributed by atoms with van der Waals surface area (Å²) in [4.78, 5) is 19.1. The van der Waals surface area contributed by atoms with Crippen molar-refractivity contribution in [3.8, 4) is 0 Å². The van der Waals surface area contributed by atoms with Crippen molar-refractivity contribution in [1.29, 1.82) is 0 Å². The van der Waals surface area contributed by atoms with E-state index in [1.807, 2.05) is 0 Å². The zero-order valence-electron chi connectivity index (χ0n) is 7.94. The number of rotatable bonds is 1. The Balaban J connectivity index is 2.74. The molecule has 0 aliphatic carbocycles. The van der Waals surface area contributed by atoms with Crippen LogP contribution in [0.3, 0.4) is 0 Å². The Bertz CT molecular complexity index is 537. The zero-order valence-corrected chi connectivity index (χ0v) is 8.70. The van der Waals surface area contributed by atoms with E-state index in [2.05, 4.69) is 19.9 Å². The fourth-order valence-corrected chi connectivity index (χ4v) is 1.44. The molecule has 2 rings (SSSR count). The molecule has 0 fully saturated rings. The molecular weight excluding hydrogens is 222 g/mol. The second kappa shape index (κ2) is 3.47. The highest BCUT2D eigenvalue weighted by molar-refractivity contribution is 6.34. The molecule has 0 saturated heterocycles. The lowest BCUT2D eigenvalue weighted by Crippen LogP contribution is -2.02. The third kappa shape index (κ3) is 1.52. The van der Waals surface area contributed by atoms with E-state index in [9.17, 15) is 4.79 Å². The lowest BCUT2D eigenvalue weighted by Gasteiger charge is -1.95. The molecule has 0 spiro atoms. The van der Waals surface area contributed by atoms with Crippen LogP contribution in [0.1, 0.15) is 16.3 Å². The number of aromatic nitrogens is 3. The van der Waals surface area contributed by atoms with Gasteiger partial charge in [0.25, 0.3) is 5.71 Å². The number of esters is 1. The Kier molecular flexibility index (Phi) is 2.28. The van der Waals surface area contributed by atoms with E-state index < -0.39 is 5.97 Å². The highest BCUT2D eigenvalue weighted by Crippen LogP contribution is 2.24. The third-order valence-electron chi connectivity index (χ3n) is 1.78. The zero-order chi connectivity index (χ0) is 11.0. The van der Waals surface area contributed by atoms with E-state index >= 15 is 0 Å². The minimum Gasteiger partial charge on any atom is -0.464 e. The molecule has 2 aromatic heterocycles. The molecule has 7 heteroatoms. The minimum atomic E-state index is -0.636. The number of nitrogens with zero attached hydrogens (tertiary/aromatic N) is 3. The maximum atomic E-state index is 11.3. The van der Waals surface area contributed by atoms with Gasteiger partial charge in [0, 0.05) is 0 Å². The van der Waals surface area contributed by atoms with Gasteiger partial charge < -0.3 is 9.26 Å². The van der Waals surface area contributed by atoms with E-state index in [0.717, 1.165) is 0 Å². The van der Waals surface area contributed by atoms with Crippen LogP contribution >= 0.6 is 11.6 Å². The van der Waals surface area contributed by atoms with Crippen LogP contribution in [0, 0.1) is 6.92 Å². The summed E-state index contributed by atoms with van der Waals surface area (Å²) in [6.07, 6.45) is 0. The van der Waals surface area contributed by atoms with Gasteiger partial charge in [-0.1, -0.05) is 16.8 Å². The molecule has 0 aromatic carbocycles. The van der Waals surface area contributed by atoms with Crippen molar-refractivity contribution in [2.75, 3.05) is 7.11 Å². The predicted molar refractivity (Wildman–Crippen MR) is 50.7 cm³/mol. The number of carbonyl (C=O) groups excluding carboxylic acids is 1. The molecule has 2 aromatic rings. The van der Waals surface area contributed by atoms with Gasteiger partial charge in [-0.2, -0.15) is 4.98 Å². The van der Waals surface area contributed by atoms with Gasteiger partial charge in [0.15, 0.2) is 0 Å². The van der Waals surface area contributed by atoms with Gasteiger partial charge in [0.2, 0.25) is 5.69 Å². The van der Waals surface area contributed by atoms with Gasteiger partial charge in [-0.15, -0.1) is 0 Å². The average Bonchev–Trinajstić information content (AvgIpc) is 2.60. The quantitative estimate of drug-likeness (QED) is 0.541. The first-order chi connectivity index (χ1) is 7.13. The van der Waals surface area contributed by atoms with Crippen molar-refractivity contribution in [2.45, 2.75) is 6.92 Å². The van der Waals surface area contributed by atoms with Gasteiger partial charge >= 0.3 is 5.97 Å². The Morgan fingerprint density at radius 3 is 2.87 bits per heavy atom. The summed E-state index contributed by atoms with van der Waals surface area (Å²) in [5.41, 5.74) is 0.158. The summed E-state index contributed by atoms with van der Waals surface area (Å²) in [6.45, 7) is 1.66. The molecule has 0 atom stereocenters. The highest BCUT2D eigenvalue weighted by atomic mass is 35.5. The fourth-order valence-electron chi connectivity index (χ4n) is 1.15. The molecule has 0 N–H and O–H groups in total. The van der Waals surface area contributed by atoms with Gasteiger partial charge in [-0.25, -0.2) is 9.78 Å². The monoisotopic (exact) mass is 227 g/mol. The summed E-state index contributed by atoms with van der Waals surface area (Å²) in [5, 5.41) is 3.93. The summed E-state index contributed by atoms with van der Waals surface area (Å²) >= 11 is 5.85. The number of halogens is 1. The van der Waals surface area contributed by atoms with E-state index in [-0.39, 0.29) is 21.9 Å². The van der Waals surface area contributed by atoms with Gasteiger partial charge in [-0.05, 0) is 6.92 Å². The number of aryl methyl sites for hydroxylation is 1. The average molecular weight is 228 g/mol. The van der Waals surface area contributed by atoms with E-state index in [4.69, 9.17) is 16.1 Å². The van der Waals surface area contributed by atoms with Crippen LogP contribution < -0.4 is 0 Å². The standard InChI is InChI=1S/C8H6ClN3O3/c1-3-10-6(9)4-5(8(13)14-2)12-15-7(4)11-3/h1-2H3. The van der Waals surface area contributed by atoms with Crippen LogP contribution in [0.25, 0.3) is 11.1 Å². The first-order valence-corrected chi connectivity index (χ1v) is 4.39. The molecule has 2 heterocycles. The largest absolute Gasteiger partial charge is 0.464 e. The van der Waals surface area contributed by atoms with Crippen LogP contribution in [0.2, 0.25) is 5.15 Å². The first kappa shape index (κ1) is 9.85. The van der Waals surface area contributed by atoms with E-state index in [1.54, 1.807) is 6.92 Å². The Labute approximate surface area is 89.2 Å². The molecule has 15 heavy (non-hydrogen) atoms. The fraction of sp³-hybridized carbons (Fsp3) is 0.250. The van der Waals surface area contributed by atoms with Crippen molar-refractivity contribution >= 4 is 28.7 Å². The maximum absolute atomic E-state index is 11.3. The van der Waals surface area contributed by atoms with Crippen LogP contribution in [0.4, 0.5) is 0 Å². The van der Waals surface area contributed by atoms with E-state index in [1.165, 1.54) is 7.11 Å².